The quantitative estimate of drug-likeness (QED) is 0.736. The van der Waals surface area contributed by atoms with Crippen LogP contribution in [-0.2, 0) is 9.84 Å². The number of fused-ring (bicyclic) bond motifs is 1. The summed E-state index contributed by atoms with van der Waals surface area (Å²) in [6, 6.07) is 4.89. The van der Waals surface area contributed by atoms with Gasteiger partial charge in [0.1, 0.15) is 5.75 Å². The van der Waals surface area contributed by atoms with E-state index in [4.69, 9.17) is 4.74 Å². The van der Waals surface area contributed by atoms with Gasteiger partial charge in [-0.25, -0.2) is 8.42 Å². The second-order valence-electron chi connectivity index (χ2n) is 7.58. The normalized spacial score (nSPS) is 25.7. The Morgan fingerprint density at radius 2 is 2.00 bits per heavy atom. The molecule has 26 heavy (non-hydrogen) atoms. The lowest BCUT2D eigenvalue weighted by molar-refractivity contribution is -0.203. The molecule has 0 aliphatic carbocycles. The van der Waals surface area contributed by atoms with Crippen LogP contribution in [0.4, 0.5) is 0 Å². The maximum Gasteiger partial charge on any atom is 0.180 e. The first-order valence-electron chi connectivity index (χ1n) is 9.72. The molecule has 0 saturated carbocycles. The number of nitrogens with zero attached hydrogens (tertiary/aromatic N) is 1. The van der Waals surface area contributed by atoms with Crippen molar-refractivity contribution in [2.45, 2.75) is 89.3 Å². The van der Waals surface area contributed by atoms with Gasteiger partial charge in [-0.15, -0.1) is 0 Å². The molecule has 1 N–H and O–H groups in total. The third kappa shape index (κ3) is 4.07. The SMILES string of the molecule is CCCCC1(CC)CS(=O)(=O)c2cc(OC(C)C)ccc2C(CC)N1O. The third-order valence-corrected chi connectivity index (χ3v) is 7.27. The summed E-state index contributed by atoms with van der Waals surface area (Å²) in [5.41, 5.74) is -0.0916. The van der Waals surface area contributed by atoms with Gasteiger partial charge < -0.3 is 9.94 Å². The van der Waals surface area contributed by atoms with Crippen molar-refractivity contribution in [3.63, 3.8) is 0 Å². The summed E-state index contributed by atoms with van der Waals surface area (Å²) in [6.45, 7) is 9.85. The molecule has 148 valence electrons. The summed E-state index contributed by atoms with van der Waals surface area (Å²) in [7, 11) is -3.54. The van der Waals surface area contributed by atoms with Gasteiger partial charge >= 0.3 is 0 Å². The summed E-state index contributed by atoms with van der Waals surface area (Å²) in [5, 5.41) is 12.5. The first-order chi connectivity index (χ1) is 12.2. The topological polar surface area (TPSA) is 66.8 Å². The molecule has 1 aliphatic heterocycles. The van der Waals surface area contributed by atoms with Crippen molar-refractivity contribution in [1.82, 2.24) is 5.06 Å². The van der Waals surface area contributed by atoms with Crippen LogP contribution in [0.25, 0.3) is 0 Å². The van der Waals surface area contributed by atoms with Crippen molar-refractivity contribution < 1.29 is 18.4 Å². The number of hydroxylamine groups is 2. The number of rotatable bonds is 7. The number of hydrogen-bond acceptors (Lipinski definition) is 5. The molecule has 1 aromatic carbocycles. The molecule has 2 unspecified atom stereocenters. The van der Waals surface area contributed by atoms with Gasteiger partial charge in [-0.1, -0.05) is 39.7 Å². The van der Waals surface area contributed by atoms with Crippen LogP contribution >= 0.6 is 0 Å². The number of benzene rings is 1. The van der Waals surface area contributed by atoms with E-state index in [-0.39, 0.29) is 17.9 Å². The van der Waals surface area contributed by atoms with Gasteiger partial charge in [-0.3, -0.25) is 0 Å². The molecule has 0 bridgehead atoms. The highest BCUT2D eigenvalue weighted by Crippen LogP contribution is 2.43. The zero-order valence-corrected chi connectivity index (χ0v) is 17.5. The Morgan fingerprint density at radius 1 is 1.31 bits per heavy atom. The van der Waals surface area contributed by atoms with Gasteiger partial charge in [0.15, 0.2) is 9.84 Å². The minimum atomic E-state index is -3.54. The van der Waals surface area contributed by atoms with Crippen LogP contribution in [0.15, 0.2) is 23.1 Å². The highest BCUT2D eigenvalue weighted by atomic mass is 32.2. The summed E-state index contributed by atoms with van der Waals surface area (Å²) in [5.74, 6) is 0.487. The van der Waals surface area contributed by atoms with Crippen molar-refractivity contribution in [1.29, 1.82) is 0 Å². The van der Waals surface area contributed by atoms with Crippen LogP contribution in [-0.4, -0.2) is 36.1 Å². The fourth-order valence-corrected chi connectivity index (χ4v) is 6.09. The van der Waals surface area contributed by atoms with Crippen molar-refractivity contribution in [3.8, 4) is 5.75 Å². The second kappa shape index (κ2) is 8.28. The van der Waals surface area contributed by atoms with Crippen molar-refractivity contribution in [2.75, 3.05) is 5.75 Å². The number of unbranched alkanes of at least 4 members (excludes halogenated alkanes) is 1. The second-order valence-corrected chi connectivity index (χ2v) is 9.53. The summed E-state index contributed by atoms with van der Waals surface area (Å²) < 4.78 is 32.3. The zero-order valence-electron chi connectivity index (χ0n) is 16.7. The lowest BCUT2D eigenvalue weighted by atomic mass is 9.88. The fourth-order valence-electron chi connectivity index (χ4n) is 3.89. The first kappa shape index (κ1) is 21.2. The largest absolute Gasteiger partial charge is 0.491 e. The third-order valence-electron chi connectivity index (χ3n) is 5.33. The lowest BCUT2D eigenvalue weighted by Crippen LogP contribution is -2.51. The molecule has 1 aromatic rings. The molecule has 0 radical (unpaired) electrons. The van der Waals surface area contributed by atoms with Gasteiger partial charge in [0, 0.05) is 0 Å². The molecular formula is C20H33NO4S. The predicted molar refractivity (Wildman–Crippen MR) is 103 cm³/mol. The zero-order chi connectivity index (χ0) is 19.5. The minimum Gasteiger partial charge on any atom is -0.491 e. The molecule has 0 fully saturated rings. The molecule has 0 spiro atoms. The van der Waals surface area contributed by atoms with Crippen LogP contribution in [0.1, 0.15) is 78.3 Å². The number of ether oxygens (including phenoxy) is 1. The van der Waals surface area contributed by atoms with E-state index in [1.807, 2.05) is 27.7 Å². The molecular weight excluding hydrogens is 350 g/mol. The maximum atomic E-state index is 13.3. The van der Waals surface area contributed by atoms with Gasteiger partial charge in [0.25, 0.3) is 0 Å². The van der Waals surface area contributed by atoms with Crippen molar-refractivity contribution >= 4 is 9.84 Å². The Bertz CT molecular complexity index is 717. The smallest absolute Gasteiger partial charge is 0.180 e. The van der Waals surface area contributed by atoms with E-state index >= 15 is 0 Å². The number of sulfone groups is 1. The minimum absolute atomic E-state index is 0.0304. The van der Waals surface area contributed by atoms with E-state index in [9.17, 15) is 13.6 Å². The Balaban J connectivity index is 2.61. The fraction of sp³-hybridized carbons (Fsp3) is 0.700. The van der Waals surface area contributed by atoms with E-state index < -0.39 is 15.4 Å². The van der Waals surface area contributed by atoms with Gasteiger partial charge in [0.05, 0.1) is 28.3 Å². The standard InChI is InChI=1S/C20H33NO4S/c1-6-9-12-20(8-3)14-26(23,24)19-13-16(25-15(4)5)10-11-17(19)18(7-2)21(20)22/h10-11,13,15,18,22H,6-9,12,14H2,1-5H3. The highest BCUT2D eigenvalue weighted by molar-refractivity contribution is 7.91. The Hall–Kier alpha value is -1.11. The molecule has 0 amide bonds. The average Bonchev–Trinajstić information content (AvgIpc) is 2.65. The van der Waals surface area contributed by atoms with E-state index in [0.717, 1.165) is 12.8 Å². The monoisotopic (exact) mass is 383 g/mol. The summed E-state index contributed by atoms with van der Waals surface area (Å²) >= 11 is 0. The predicted octanol–water partition coefficient (Wildman–Crippen LogP) is 4.74. The molecule has 5 nitrogen and oxygen atoms in total. The molecule has 2 rings (SSSR count). The molecule has 1 heterocycles. The Morgan fingerprint density at radius 3 is 2.54 bits per heavy atom. The van der Waals surface area contributed by atoms with Crippen LogP contribution in [0.3, 0.4) is 0 Å². The summed E-state index contributed by atoms with van der Waals surface area (Å²) in [6.07, 6.45) is 3.70. The van der Waals surface area contributed by atoms with Gasteiger partial charge in [-0.05, 0) is 50.8 Å². The molecule has 0 aromatic heterocycles. The Labute approximate surface area is 158 Å². The van der Waals surface area contributed by atoms with Gasteiger partial charge in [0.2, 0.25) is 0 Å². The molecule has 0 saturated heterocycles. The van der Waals surface area contributed by atoms with Crippen molar-refractivity contribution in [3.05, 3.63) is 23.8 Å². The van der Waals surface area contributed by atoms with E-state index in [1.54, 1.807) is 18.2 Å². The Kier molecular flexibility index (Phi) is 6.75. The highest BCUT2D eigenvalue weighted by Gasteiger charge is 2.46. The van der Waals surface area contributed by atoms with E-state index in [1.165, 1.54) is 5.06 Å². The van der Waals surface area contributed by atoms with E-state index in [2.05, 4.69) is 6.92 Å². The van der Waals surface area contributed by atoms with E-state index in [0.29, 0.717) is 35.5 Å². The molecule has 1 aliphatic rings. The van der Waals surface area contributed by atoms with Crippen LogP contribution < -0.4 is 4.74 Å². The molecule has 2 atom stereocenters. The van der Waals surface area contributed by atoms with Crippen molar-refractivity contribution in [2.24, 2.45) is 0 Å². The van der Waals surface area contributed by atoms with Crippen LogP contribution in [0.2, 0.25) is 0 Å². The van der Waals surface area contributed by atoms with Crippen LogP contribution in [0.5, 0.6) is 5.75 Å². The number of hydrogen-bond donors (Lipinski definition) is 1. The molecule has 6 heteroatoms. The summed E-state index contributed by atoms with van der Waals surface area (Å²) in [4.78, 5) is 0.299. The maximum absolute atomic E-state index is 13.3. The average molecular weight is 384 g/mol. The van der Waals surface area contributed by atoms with Gasteiger partial charge in [-0.2, -0.15) is 5.06 Å². The van der Waals surface area contributed by atoms with Crippen LogP contribution in [0, 0.1) is 0 Å². The first-order valence-corrected chi connectivity index (χ1v) is 11.4. The lowest BCUT2D eigenvalue weighted by Gasteiger charge is -2.41.